The van der Waals surface area contributed by atoms with Gasteiger partial charge in [-0.15, -0.1) is 0 Å². The van der Waals surface area contributed by atoms with Gasteiger partial charge in [0.15, 0.2) is 8.07 Å². The van der Waals surface area contributed by atoms with E-state index >= 15 is 0 Å². The quantitative estimate of drug-likeness (QED) is 0.0914. The second kappa shape index (κ2) is 13.3. The van der Waals surface area contributed by atoms with Crippen molar-refractivity contribution in [3.8, 4) is 17.2 Å². The minimum atomic E-state index is -2.72. The number of benzene rings is 9. The predicted molar refractivity (Wildman–Crippen MR) is 254 cm³/mol. The van der Waals surface area contributed by atoms with Crippen molar-refractivity contribution in [2.24, 2.45) is 0 Å². The molecule has 9 aromatic carbocycles. The number of hydrogen-bond donors (Lipinski definition) is 0. The van der Waals surface area contributed by atoms with Gasteiger partial charge in [0.2, 0.25) is 0 Å². The average molecular weight is 785 g/mol. The van der Waals surface area contributed by atoms with Gasteiger partial charge >= 0.3 is 0 Å². The van der Waals surface area contributed by atoms with Gasteiger partial charge in [-0.2, -0.15) is 5.26 Å². The summed E-state index contributed by atoms with van der Waals surface area (Å²) in [5, 5.41) is 20.6. The first kappa shape index (κ1) is 36.1. The molecule has 0 spiro atoms. The molecule has 0 amide bonds. The molecule has 0 aliphatic heterocycles. The van der Waals surface area contributed by atoms with E-state index in [0.717, 1.165) is 17.1 Å². The lowest BCUT2D eigenvalue weighted by atomic mass is 9.81. The fraction of sp³-hybridized carbons (Fsp3) is 0.105. The van der Waals surface area contributed by atoms with Crippen LogP contribution in [0.4, 0.5) is 17.1 Å². The zero-order valence-electron chi connectivity index (χ0n) is 34.4. The summed E-state index contributed by atoms with van der Waals surface area (Å²) in [6, 6.07) is 74.5. The molecule has 3 heteroatoms. The zero-order chi connectivity index (χ0) is 40.8. The molecular formula is C57H44N2Si. The molecule has 2 aliphatic rings. The lowest BCUT2D eigenvalue weighted by molar-refractivity contribution is 0.661. The molecule has 0 saturated carbocycles. The molecule has 0 fully saturated rings. The summed E-state index contributed by atoms with van der Waals surface area (Å²) in [5.41, 5.74) is 11.5. The zero-order valence-corrected chi connectivity index (χ0v) is 35.4. The summed E-state index contributed by atoms with van der Waals surface area (Å²) in [7, 11) is -2.72. The largest absolute Gasteiger partial charge is 0.310 e. The molecule has 286 valence electrons. The number of fused-ring (bicyclic) bond motifs is 3. The first-order valence-corrected chi connectivity index (χ1v) is 23.0. The molecule has 0 saturated heterocycles. The molecule has 60 heavy (non-hydrogen) atoms. The lowest BCUT2D eigenvalue weighted by Gasteiger charge is -2.35. The van der Waals surface area contributed by atoms with Crippen molar-refractivity contribution in [3.05, 3.63) is 222 Å². The van der Waals surface area contributed by atoms with Crippen molar-refractivity contribution in [2.45, 2.75) is 38.5 Å². The topological polar surface area (TPSA) is 27.0 Å². The van der Waals surface area contributed by atoms with E-state index in [-0.39, 0.29) is 10.8 Å². The van der Waals surface area contributed by atoms with Crippen LogP contribution in [0.3, 0.4) is 0 Å². The van der Waals surface area contributed by atoms with Crippen LogP contribution in [0.2, 0.25) is 0 Å². The smallest absolute Gasteiger partial charge is 0.179 e. The second-order valence-electron chi connectivity index (χ2n) is 17.6. The normalized spacial score (nSPS) is 14.2. The van der Waals surface area contributed by atoms with E-state index in [9.17, 15) is 5.26 Å². The Hall–Kier alpha value is -6.99. The van der Waals surface area contributed by atoms with E-state index < -0.39 is 8.07 Å². The first-order valence-electron chi connectivity index (χ1n) is 21.0. The Labute approximate surface area is 353 Å². The Morgan fingerprint density at radius 1 is 0.400 bits per heavy atom. The number of nitrogens with zero attached hydrogens (tertiary/aromatic N) is 2. The van der Waals surface area contributed by atoms with Crippen LogP contribution in [0.25, 0.3) is 32.7 Å². The fourth-order valence-corrected chi connectivity index (χ4v) is 15.6. The van der Waals surface area contributed by atoms with Crippen molar-refractivity contribution in [1.82, 2.24) is 0 Å². The summed E-state index contributed by atoms with van der Waals surface area (Å²) in [6.45, 7) is 9.52. The van der Waals surface area contributed by atoms with Crippen molar-refractivity contribution in [2.75, 3.05) is 4.90 Å². The monoisotopic (exact) mass is 784 g/mol. The number of rotatable bonds is 7. The van der Waals surface area contributed by atoms with Gasteiger partial charge in [-0.05, 0) is 124 Å². The van der Waals surface area contributed by atoms with Gasteiger partial charge in [-0.1, -0.05) is 173 Å². The van der Waals surface area contributed by atoms with Crippen molar-refractivity contribution in [1.29, 1.82) is 5.26 Å². The van der Waals surface area contributed by atoms with Gasteiger partial charge < -0.3 is 4.90 Å². The van der Waals surface area contributed by atoms with Crippen molar-refractivity contribution < 1.29 is 0 Å². The summed E-state index contributed by atoms with van der Waals surface area (Å²) < 4.78 is 0. The maximum Gasteiger partial charge on any atom is 0.179 e. The third-order valence-electron chi connectivity index (χ3n) is 13.8. The van der Waals surface area contributed by atoms with E-state index in [4.69, 9.17) is 0 Å². The van der Waals surface area contributed by atoms with Crippen LogP contribution in [0.1, 0.15) is 55.5 Å². The molecule has 2 aliphatic carbocycles. The lowest BCUT2D eigenvalue weighted by Crippen LogP contribution is -2.74. The van der Waals surface area contributed by atoms with Gasteiger partial charge in [0.05, 0.1) is 11.6 Å². The van der Waals surface area contributed by atoms with E-state index in [1.807, 2.05) is 12.1 Å². The highest BCUT2D eigenvalue weighted by atomic mass is 28.3. The molecule has 0 aromatic heterocycles. The minimum absolute atomic E-state index is 0.148. The molecule has 2 nitrogen and oxygen atoms in total. The minimum Gasteiger partial charge on any atom is -0.310 e. The highest BCUT2D eigenvalue weighted by Gasteiger charge is 2.44. The van der Waals surface area contributed by atoms with Gasteiger partial charge in [0.1, 0.15) is 0 Å². The van der Waals surface area contributed by atoms with Crippen LogP contribution < -0.4 is 25.6 Å². The maximum absolute atomic E-state index is 9.77. The van der Waals surface area contributed by atoms with Crippen molar-refractivity contribution in [3.63, 3.8) is 0 Å². The summed E-state index contributed by atoms with van der Waals surface area (Å²) in [5.74, 6) is 0. The highest BCUT2D eigenvalue weighted by Crippen LogP contribution is 2.53. The van der Waals surface area contributed by atoms with Crippen LogP contribution >= 0.6 is 0 Å². The second-order valence-corrected chi connectivity index (χ2v) is 21.5. The molecule has 0 unspecified atom stereocenters. The van der Waals surface area contributed by atoms with Crippen LogP contribution in [-0.2, 0) is 10.8 Å². The van der Waals surface area contributed by atoms with Crippen LogP contribution in [0, 0.1) is 11.3 Å². The third-order valence-corrected chi connectivity index (χ3v) is 18.5. The predicted octanol–water partition coefficient (Wildman–Crippen LogP) is 11.7. The summed E-state index contributed by atoms with van der Waals surface area (Å²) >= 11 is 0. The Kier molecular flexibility index (Phi) is 7.98. The fourth-order valence-electron chi connectivity index (χ4n) is 10.8. The van der Waals surface area contributed by atoms with Gasteiger partial charge in [-0.25, -0.2) is 0 Å². The molecule has 0 radical (unpaired) electrons. The average Bonchev–Trinajstić information content (AvgIpc) is 3.66. The number of anilines is 3. The van der Waals surface area contributed by atoms with E-state index in [1.54, 1.807) is 0 Å². The number of nitriles is 1. The standard InChI is InChI=1S/C57H44N2Si/c1-56(2)50-22-14-15-39-25-26-40-33-43(35-53(56)55(40)54(39)50)59(41-27-23-38(37-58)24-28-41)42-29-31-48-49-32-30-47(36-52(49)57(3,4)51(48)34-42)60(44-16-8-5-9-17-44,45-18-10-6-11-19-45)46-20-12-7-13-21-46/h5-36H,1-4H3. The van der Waals surface area contributed by atoms with Crippen LogP contribution in [0.15, 0.2) is 194 Å². The van der Waals surface area contributed by atoms with E-state index in [2.05, 4.69) is 221 Å². The van der Waals surface area contributed by atoms with E-state index in [0.29, 0.717) is 5.56 Å². The molecule has 0 atom stereocenters. The van der Waals surface area contributed by atoms with E-state index in [1.165, 1.54) is 75.7 Å². The van der Waals surface area contributed by atoms with Crippen molar-refractivity contribution >= 4 is 67.4 Å². The molecule has 11 rings (SSSR count). The molecule has 0 heterocycles. The summed E-state index contributed by atoms with van der Waals surface area (Å²) in [4.78, 5) is 2.39. The Morgan fingerprint density at radius 2 is 0.917 bits per heavy atom. The molecule has 9 aromatic rings. The third kappa shape index (κ3) is 5.11. The SMILES string of the molecule is CC1(C)c2cc(N(c3ccc(C#N)cc3)c3cc4c5c(ccc6cccc(c65)C4(C)C)c3)ccc2-c2ccc([Si](c3ccccc3)(c3ccccc3)c3ccccc3)cc21. The van der Waals surface area contributed by atoms with Crippen LogP contribution in [-0.4, -0.2) is 8.07 Å². The highest BCUT2D eigenvalue weighted by molar-refractivity contribution is 7.19. The molecule has 0 N–H and O–H groups in total. The maximum atomic E-state index is 9.77. The number of hydrogen-bond acceptors (Lipinski definition) is 2. The van der Waals surface area contributed by atoms with Gasteiger partial charge in [0.25, 0.3) is 0 Å². The molecule has 0 bridgehead atoms. The van der Waals surface area contributed by atoms with Crippen LogP contribution in [0.5, 0.6) is 0 Å². The Balaban J connectivity index is 1.09. The Morgan fingerprint density at radius 3 is 1.53 bits per heavy atom. The molecular weight excluding hydrogens is 741 g/mol. The van der Waals surface area contributed by atoms with Gasteiger partial charge in [0, 0.05) is 27.9 Å². The van der Waals surface area contributed by atoms with Gasteiger partial charge in [-0.3, -0.25) is 0 Å². The summed E-state index contributed by atoms with van der Waals surface area (Å²) in [6.07, 6.45) is 0. The Bertz CT molecular complexity index is 3100. The first-order chi connectivity index (χ1) is 29.2.